The van der Waals surface area contributed by atoms with Gasteiger partial charge < -0.3 is 19.8 Å². The van der Waals surface area contributed by atoms with Gasteiger partial charge in [-0.1, -0.05) is 38.8 Å². The Kier molecular flexibility index (Phi) is 6.45. The third-order valence-corrected chi connectivity index (χ3v) is 11.7. The van der Waals surface area contributed by atoms with Gasteiger partial charge in [0.2, 0.25) is 0 Å². The molecule has 1 aliphatic heterocycles. The molecule has 4 saturated carbocycles. The molecular formula is C30H51NO4. The average Bonchev–Trinajstić information content (AvgIpc) is 3.26. The van der Waals surface area contributed by atoms with E-state index < -0.39 is 11.4 Å². The van der Waals surface area contributed by atoms with Gasteiger partial charge in [-0.25, -0.2) is 0 Å². The summed E-state index contributed by atoms with van der Waals surface area (Å²) in [5.74, 6) is 3.07. The molecule has 2 N–H and O–H groups in total. The van der Waals surface area contributed by atoms with Crippen LogP contribution in [0, 0.1) is 46.3 Å². The zero-order chi connectivity index (χ0) is 25.4. The number of rotatable bonds is 5. The van der Waals surface area contributed by atoms with Crippen molar-refractivity contribution in [2.45, 2.75) is 136 Å². The normalized spacial score (nSPS) is 48.7. The van der Waals surface area contributed by atoms with E-state index in [0.717, 1.165) is 43.7 Å². The molecule has 5 heteroatoms. The first kappa shape index (κ1) is 26.0. The lowest BCUT2D eigenvalue weighted by Crippen LogP contribution is -2.61. The molecule has 5 aliphatic rings. The highest BCUT2D eigenvalue weighted by molar-refractivity contribution is 5.89. The first-order valence-electron chi connectivity index (χ1n) is 14.6. The fourth-order valence-corrected chi connectivity index (χ4v) is 10.2. The summed E-state index contributed by atoms with van der Waals surface area (Å²) in [4.78, 5) is 0. The molecule has 200 valence electrons. The van der Waals surface area contributed by atoms with Crippen LogP contribution in [0.4, 0.5) is 0 Å². The third-order valence-electron chi connectivity index (χ3n) is 11.7. The lowest BCUT2D eigenvalue weighted by atomic mass is 9.43. The van der Waals surface area contributed by atoms with Crippen LogP contribution in [0.5, 0.6) is 0 Å². The molecule has 35 heavy (non-hydrogen) atoms. The minimum absolute atomic E-state index is 0.0102. The van der Waals surface area contributed by atoms with Crippen LogP contribution in [-0.4, -0.2) is 39.6 Å². The van der Waals surface area contributed by atoms with Gasteiger partial charge in [-0.2, -0.15) is 0 Å². The van der Waals surface area contributed by atoms with Gasteiger partial charge in [0.1, 0.15) is 0 Å². The van der Waals surface area contributed by atoms with Crippen LogP contribution in [-0.2, 0) is 9.47 Å². The molecule has 5 nitrogen and oxygen atoms in total. The average molecular weight is 490 g/mol. The van der Waals surface area contributed by atoms with E-state index in [4.69, 9.17) is 9.47 Å². The molecule has 0 unspecified atom stereocenters. The van der Waals surface area contributed by atoms with Crippen molar-refractivity contribution in [1.29, 1.82) is 0 Å². The fourth-order valence-electron chi connectivity index (χ4n) is 10.2. The maximum atomic E-state index is 10.3. The Labute approximate surface area is 213 Å². The number of hydrogen-bond acceptors (Lipinski definition) is 5. The smallest absolute Gasteiger partial charge is 0.163 e. The predicted octanol–water partition coefficient (Wildman–Crippen LogP) is 6.79. The first-order valence-corrected chi connectivity index (χ1v) is 14.6. The maximum absolute atomic E-state index is 10.3. The van der Waals surface area contributed by atoms with Gasteiger partial charge in [-0.05, 0) is 119 Å². The summed E-state index contributed by atoms with van der Waals surface area (Å²) >= 11 is 0. The van der Waals surface area contributed by atoms with Crippen LogP contribution in [0.15, 0.2) is 5.16 Å². The van der Waals surface area contributed by atoms with Crippen molar-refractivity contribution in [3.05, 3.63) is 0 Å². The van der Waals surface area contributed by atoms with Crippen molar-refractivity contribution in [2.24, 2.45) is 51.5 Å². The number of fused-ring (bicyclic) bond motifs is 7. The van der Waals surface area contributed by atoms with E-state index in [9.17, 15) is 10.3 Å². The van der Waals surface area contributed by atoms with Gasteiger partial charge in [-0.3, -0.25) is 0 Å². The van der Waals surface area contributed by atoms with Crippen molar-refractivity contribution < 1.29 is 19.8 Å². The van der Waals surface area contributed by atoms with E-state index in [0.29, 0.717) is 29.1 Å². The van der Waals surface area contributed by atoms with Crippen molar-refractivity contribution in [3.8, 4) is 0 Å². The Balaban J connectivity index is 1.36. The van der Waals surface area contributed by atoms with Crippen molar-refractivity contribution in [2.75, 3.05) is 0 Å². The van der Waals surface area contributed by atoms with Gasteiger partial charge in [0.05, 0.1) is 23.5 Å². The molecule has 0 spiro atoms. The summed E-state index contributed by atoms with van der Waals surface area (Å²) in [5.41, 5.74) is 0.921. The number of ether oxygens (including phenoxy) is 2. The molecule has 10 atom stereocenters. The Morgan fingerprint density at radius 3 is 2.37 bits per heavy atom. The molecule has 1 saturated heterocycles. The van der Waals surface area contributed by atoms with E-state index >= 15 is 0 Å². The van der Waals surface area contributed by atoms with E-state index in [1.807, 2.05) is 27.7 Å². The molecule has 0 aromatic carbocycles. The fraction of sp³-hybridized carbons (Fsp3) is 0.967. The second-order valence-electron chi connectivity index (χ2n) is 14.7. The van der Waals surface area contributed by atoms with Crippen LogP contribution in [0.25, 0.3) is 0 Å². The number of hydrogen-bond donors (Lipinski definition) is 2. The quantitative estimate of drug-likeness (QED) is 0.329. The Hall–Kier alpha value is -0.650. The van der Waals surface area contributed by atoms with Crippen molar-refractivity contribution in [1.82, 2.24) is 0 Å². The minimum atomic E-state index is -0.559. The molecule has 4 aliphatic carbocycles. The van der Waals surface area contributed by atoms with Gasteiger partial charge in [0.25, 0.3) is 0 Å². The standard InChI is InChI=1S/C30H51NO4/c1-18(9-8-14-27(2,3)32)20-10-11-21-19-17-23(31-33)25-26-24(34-28(4,5)35-26)13-16-30(25,7)22(19)12-15-29(20,21)6/h18-22,24-26,32-33H,8-17H2,1-7H3/b31-23+/t18-,19+,20-,21+,22+,24+,25+,26+,29-,30-/m1/s1. The van der Waals surface area contributed by atoms with Gasteiger partial charge in [-0.15, -0.1) is 0 Å². The summed E-state index contributed by atoms with van der Waals surface area (Å²) in [6.07, 6.45) is 11.7. The third kappa shape index (κ3) is 4.30. The van der Waals surface area contributed by atoms with Gasteiger partial charge >= 0.3 is 0 Å². The zero-order valence-corrected chi connectivity index (χ0v) is 23.3. The maximum Gasteiger partial charge on any atom is 0.163 e. The summed E-state index contributed by atoms with van der Waals surface area (Å²) < 4.78 is 12.8. The molecule has 0 aromatic rings. The largest absolute Gasteiger partial charge is 0.411 e. The molecule has 0 amide bonds. The summed E-state index contributed by atoms with van der Waals surface area (Å²) in [7, 11) is 0. The summed E-state index contributed by atoms with van der Waals surface area (Å²) in [5, 5.41) is 24.4. The number of nitrogens with zero attached hydrogens (tertiary/aromatic N) is 1. The Morgan fingerprint density at radius 2 is 1.69 bits per heavy atom. The van der Waals surface area contributed by atoms with E-state index in [2.05, 4.69) is 25.9 Å². The van der Waals surface area contributed by atoms with Gasteiger partial charge in [0.15, 0.2) is 5.79 Å². The SMILES string of the molecule is C[C@H](CCCC(C)(C)O)[C@H]1CC[C@H]2[C@@H]3C/C(=N\O)[C@H]4[C@H]5OC(C)(C)O[C@H]5CC[C@]4(C)[C@H]3CC[C@]12C. The molecular weight excluding hydrogens is 438 g/mol. The lowest BCUT2D eigenvalue weighted by molar-refractivity contribution is -0.153. The van der Waals surface area contributed by atoms with E-state index in [1.54, 1.807) is 0 Å². The predicted molar refractivity (Wildman–Crippen MR) is 138 cm³/mol. The lowest BCUT2D eigenvalue weighted by Gasteiger charge is -2.61. The van der Waals surface area contributed by atoms with Crippen molar-refractivity contribution >= 4 is 5.71 Å². The molecule has 1 heterocycles. The molecule has 5 fully saturated rings. The van der Waals surface area contributed by atoms with Crippen LogP contribution in [0.3, 0.4) is 0 Å². The topological polar surface area (TPSA) is 71.3 Å². The summed E-state index contributed by atoms with van der Waals surface area (Å²) in [6, 6.07) is 0. The van der Waals surface area contributed by atoms with Crippen LogP contribution >= 0.6 is 0 Å². The molecule has 0 radical (unpaired) electrons. The molecule has 0 bridgehead atoms. The number of aliphatic hydroxyl groups is 1. The zero-order valence-electron chi connectivity index (χ0n) is 23.3. The van der Waals surface area contributed by atoms with E-state index in [-0.39, 0.29) is 23.5 Å². The Bertz CT molecular complexity index is 833. The highest BCUT2D eigenvalue weighted by Crippen LogP contribution is 2.68. The highest BCUT2D eigenvalue weighted by atomic mass is 16.8. The molecule has 0 aromatic heterocycles. The van der Waals surface area contributed by atoms with Gasteiger partial charge in [0, 0.05) is 5.92 Å². The first-order chi connectivity index (χ1) is 16.3. The minimum Gasteiger partial charge on any atom is -0.411 e. The summed E-state index contributed by atoms with van der Waals surface area (Å²) in [6.45, 7) is 15.5. The Morgan fingerprint density at radius 1 is 1.00 bits per heavy atom. The van der Waals surface area contributed by atoms with Crippen LogP contribution in [0.2, 0.25) is 0 Å². The molecule has 5 rings (SSSR count). The van der Waals surface area contributed by atoms with Crippen molar-refractivity contribution in [3.63, 3.8) is 0 Å². The van der Waals surface area contributed by atoms with Crippen LogP contribution < -0.4 is 0 Å². The van der Waals surface area contributed by atoms with Crippen LogP contribution in [0.1, 0.15) is 113 Å². The monoisotopic (exact) mass is 489 g/mol. The highest BCUT2D eigenvalue weighted by Gasteiger charge is 2.65. The second kappa shape index (κ2) is 8.70. The van der Waals surface area contributed by atoms with E-state index in [1.165, 1.54) is 32.1 Å². The second-order valence-corrected chi connectivity index (χ2v) is 14.7. The number of oxime groups is 1.